The van der Waals surface area contributed by atoms with E-state index in [0.717, 1.165) is 26.8 Å². The third-order valence-corrected chi connectivity index (χ3v) is 4.95. The molecule has 23 heavy (non-hydrogen) atoms. The van der Waals surface area contributed by atoms with E-state index in [2.05, 4.69) is 10.2 Å². The molecule has 3 heterocycles. The van der Waals surface area contributed by atoms with Crippen molar-refractivity contribution in [2.45, 2.75) is 13.5 Å². The van der Waals surface area contributed by atoms with E-state index in [4.69, 9.17) is 4.74 Å². The molecule has 0 aliphatic heterocycles. The number of nitrogens with one attached hydrogen (secondary N) is 1. The van der Waals surface area contributed by atoms with Gasteiger partial charge in [0.15, 0.2) is 5.69 Å². The van der Waals surface area contributed by atoms with Gasteiger partial charge in [0.1, 0.15) is 6.61 Å². The number of carbonyl (C=O) groups excluding carboxylic acids is 1. The second-order valence-electron chi connectivity index (χ2n) is 4.70. The number of aromatic nitrogens is 2. The average Bonchev–Trinajstić information content (AvgIpc) is 3.24. The molecule has 0 unspecified atom stereocenters. The van der Waals surface area contributed by atoms with Crippen LogP contribution in [-0.4, -0.2) is 21.1 Å². The lowest BCUT2D eigenvalue weighted by Crippen LogP contribution is -2.05. The Kier molecular flexibility index (Phi) is 4.22. The average molecular weight is 349 g/mol. The Labute approximate surface area is 138 Å². The zero-order valence-electron chi connectivity index (χ0n) is 11.9. The number of ether oxygens (including phenoxy) is 1. The van der Waals surface area contributed by atoms with Crippen molar-refractivity contribution in [3.05, 3.63) is 55.9 Å². The minimum absolute atomic E-state index is 0.0196. The minimum Gasteiger partial charge on any atom is -0.456 e. The predicted molar refractivity (Wildman–Crippen MR) is 86.7 cm³/mol. The summed E-state index contributed by atoms with van der Waals surface area (Å²) in [6.07, 6.45) is 0. The lowest BCUT2D eigenvalue weighted by Gasteiger charge is -1.99. The first-order valence-corrected chi connectivity index (χ1v) is 8.23. The number of hydrogen-bond donors (Lipinski definition) is 1. The van der Waals surface area contributed by atoms with Gasteiger partial charge in [-0.25, -0.2) is 4.79 Å². The molecule has 3 aromatic heterocycles. The van der Waals surface area contributed by atoms with Gasteiger partial charge in [-0.2, -0.15) is 5.10 Å². The van der Waals surface area contributed by atoms with Crippen LogP contribution in [0.25, 0.3) is 10.6 Å². The van der Waals surface area contributed by atoms with Crippen LogP contribution in [0.15, 0.2) is 29.6 Å². The Bertz CT molecular complexity index is 865. The van der Waals surface area contributed by atoms with Crippen molar-refractivity contribution in [3.63, 3.8) is 0 Å². The highest BCUT2D eigenvalue weighted by molar-refractivity contribution is 7.15. The third-order valence-electron chi connectivity index (χ3n) is 2.98. The lowest BCUT2D eigenvalue weighted by molar-refractivity contribution is -0.380. The Hall–Kier alpha value is -2.52. The number of thiophene rings is 2. The molecule has 0 aliphatic rings. The maximum atomic E-state index is 12.0. The van der Waals surface area contributed by atoms with E-state index in [1.807, 2.05) is 19.1 Å². The molecule has 0 saturated carbocycles. The molecule has 0 fully saturated rings. The standard InChI is InChI=1S/C14H11N3O4S2/c1-8-2-3-12(23-8)10-5-11(16-15-10)14(18)21-6-9-4-13(17(19)20)22-7-9/h2-5,7H,6H2,1H3,(H,15,16). The van der Waals surface area contributed by atoms with Crippen LogP contribution in [0, 0.1) is 17.0 Å². The molecule has 3 rings (SSSR count). The summed E-state index contributed by atoms with van der Waals surface area (Å²) in [7, 11) is 0. The first kappa shape index (κ1) is 15.4. The molecule has 1 N–H and O–H groups in total. The van der Waals surface area contributed by atoms with Gasteiger partial charge in [0.25, 0.3) is 0 Å². The third kappa shape index (κ3) is 3.46. The number of esters is 1. The first-order chi connectivity index (χ1) is 11.0. The summed E-state index contributed by atoms with van der Waals surface area (Å²) in [5.41, 5.74) is 1.51. The first-order valence-electron chi connectivity index (χ1n) is 6.54. The van der Waals surface area contributed by atoms with E-state index in [0.29, 0.717) is 5.56 Å². The molecule has 7 nitrogen and oxygen atoms in total. The zero-order valence-corrected chi connectivity index (χ0v) is 13.6. The van der Waals surface area contributed by atoms with Crippen molar-refractivity contribution in [1.82, 2.24) is 10.2 Å². The van der Waals surface area contributed by atoms with Gasteiger partial charge in [0.05, 0.1) is 15.5 Å². The van der Waals surface area contributed by atoms with Crippen molar-refractivity contribution in [2.24, 2.45) is 0 Å². The van der Waals surface area contributed by atoms with Crippen LogP contribution in [0.5, 0.6) is 0 Å². The van der Waals surface area contributed by atoms with E-state index in [1.54, 1.807) is 22.8 Å². The maximum absolute atomic E-state index is 12.0. The highest BCUT2D eigenvalue weighted by Crippen LogP contribution is 2.27. The van der Waals surface area contributed by atoms with E-state index in [-0.39, 0.29) is 17.3 Å². The van der Waals surface area contributed by atoms with Crippen LogP contribution in [0.1, 0.15) is 20.9 Å². The molecular formula is C14H11N3O4S2. The second-order valence-corrected chi connectivity index (χ2v) is 6.88. The minimum atomic E-state index is -0.574. The number of rotatable bonds is 5. The lowest BCUT2D eigenvalue weighted by atomic mass is 10.3. The van der Waals surface area contributed by atoms with Crippen LogP contribution >= 0.6 is 22.7 Å². The number of H-pyrrole nitrogens is 1. The summed E-state index contributed by atoms with van der Waals surface area (Å²) < 4.78 is 5.13. The molecule has 0 aromatic carbocycles. The van der Waals surface area contributed by atoms with Gasteiger partial charge in [-0.05, 0) is 25.1 Å². The number of aromatic amines is 1. The molecular weight excluding hydrogens is 338 g/mol. The molecule has 0 saturated heterocycles. The summed E-state index contributed by atoms with van der Waals surface area (Å²) in [5, 5.41) is 19.0. The normalized spacial score (nSPS) is 10.7. The Morgan fingerprint density at radius 1 is 1.43 bits per heavy atom. The van der Waals surface area contributed by atoms with Crippen LogP contribution in [0.3, 0.4) is 0 Å². The van der Waals surface area contributed by atoms with E-state index in [9.17, 15) is 14.9 Å². The van der Waals surface area contributed by atoms with E-state index < -0.39 is 10.9 Å². The summed E-state index contributed by atoms with van der Waals surface area (Å²) in [4.78, 5) is 24.3. The van der Waals surface area contributed by atoms with Crippen molar-refractivity contribution < 1.29 is 14.5 Å². The van der Waals surface area contributed by atoms with Gasteiger partial charge in [0, 0.05) is 21.9 Å². The Balaban J connectivity index is 1.64. The van der Waals surface area contributed by atoms with Crippen molar-refractivity contribution >= 4 is 33.6 Å². The molecule has 0 aliphatic carbocycles. The Morgan fingerprint density at radius 2 is 2.26 bits per heavy atom. The fraction of sp³-hybridized carbons (Fsp3) is 0.143. The van der Waals surface area contributed by atoms with Crippen molar-refractivity contribution in [3.8, 4) is 10.6 Å². The summed E-state index contributed by atoms with van der Waals surface area (Å²) in [6.45, 7) is 1.98. The van der Waals surface area contributed by atoms with Crippen molar-refractivity contribution in [1.29, 1.82) is 0 Å². The molecule has 118 valence electrons. The van der Waals surface area contributed by atoms with Crippen LogP contribution in [0.4, 0.5) is 5.00 Å². The van der Waals surface area contributed by atoms with Gasteiger partial charge in [-0.1, -0.05) is 11.3 Å². The SMILES string of the molecule is Cc1ccc(-c2cc(C(=O)OCc3csc([N+](=O)[O-])c3)n[nH]2)s1. The second kappa shape index (κ2) is 6.31. The molecule has 0 spiro atoms. The number of carbonyl (C=O) groups is 1. The molecule has 0 bridgehead atoms. The monoisotopic (exact) mass is 349 g/mol. The van der Waals surface area contributed by atoms with Gasteiger partial charge in [-0.3, -0.25) is 15.2 Å². The van der Waals surface area contributed by atoms with E-state index in [1.165, 1.54) is 6.07 Å². The molecule has 0 radical (unpaired) electrons. The van der Waals surface area contributed by atoms with Gasteiger partial charge in [-0.15, -0.1) is 11.3 Å². The quantitative estimate of drug-likeness (QED) is 0.429. The summed E-state index contributed by atoms with van der Waals surface area (Å²) >= 11 is 2.59. The summed E-state index contributed by atoms with van der Waals surface area (Å²) in [6, 6.07) is 6.96. The predicted octanol–water partition coefficient (Wildman–Crippen LogP) is 3.77. The van der Waals surface area contributed by atoms with Gasteiger partial charge in [0.2, 0.25) is 0 Å². The number of nitro groups is 1. The zero-order chi connectivity index (χ0) is 16.4. The largest absolute Gasteiger partial charge is 0.456 e. The number of hydrogen-bond acceptors (Lipinski definition) is 7. The molecule has 0 amide bonds. The van der Waals surface area contributed by atoms with Crippen LogP contribution in [0.2, 0.25) is 0 Å². The fourth-order valence-corrected chi connectivity index (χ4v) is 3.44. The molecule has 9 heteroatoms. The fourth-order valence-electron chi connectivity index (χ4n) is 1.89. The van der Waals surface area contributed by atoms with Crippen LogP contribution < -0.4 is 0 Å². The van der Waals surface area contributed by atoms with Gasteiger partial charge >= 0.3 is 11.0 Å². The van der Waals surface area contributed by atoms with E-state index >= 15 is 0 Å². The highest BCUT2D eigenvalue weighted by Gasteiger charge is 2.15. The number of nitrogens with zero attached hydrogens (tertiary/aromatic N) is 2. The highest BCUT2D eigenvalue weighted by atomic mass is 32.1. The smallest absolute Gasteiger partial charge is 0.359 e. The molecule has 0 atom stereocenters. The maximum Gasteiger partial charge on any atom is 0.359 e. The molecule has 3 aromatic rings. The Morgan fingerprint density at radius 3 is 2.91 bits per heavy atom. The number of aryl methyl sites for hydroxylation is 1. The van der Waals surface area contributed by atoms with Crippen LogP contribution in [-0.2, 0) is 11.3 Å². The van der Waals surface area contributed by atoms with Crippen molar-refractivity contribution in [2.75, 3.05) is 0 Å². The topological polar surface area (TPSA) is 98.1 Å². The van der Waals surface area contributed by atoms with Gasteiger partial charge < -0.3 is 4.74 Å². The summed E-state index contributed by atoms with van der Waals surface area (Å²) in [5.74, 6) is -0.574.